The van der Waals surface area contributed by atoms with Crippen molar-refractivity contribution in [1.29, 1.82) is 0 Å². The van der Waals surface area contributed by atoms with Gasteiger partial charge in [0.1, 0.15) is 0 Å². The van der Waals surface area contributed by atoms with E-state index in [2.05, 4.69) is 26.0 Å². The molecule has 0 aliphatic heterocycles. The molecule has 0 aromatic carbocycles. The molecule has 11 heavy (non-hydrogen) atoms. The molecule has 0 saturated heterocycles. The van der Waals surface area contributed by atoms with Crippen LogP contribution < -0.4 is 0 Å². The normalized spacial score (nSPS) is 25.8. The Hall–Kier alpha value is -0.260. The van der Waals surface area contributed by atoms with E-state index in [4.69, 9.17) is 0 Å². The molecule has 0 fully saturated rings. The molecule has 1 aliphatic carbocycles. The molecule has 64 valence electrons. The van der Waals surface area contributed by atoms with E-state index in [1.54, 1.807) is 0 Å². The van der Waals surface area contributed by atoms with Crippen molar-refractivity contribution < 1.29 is 0 Å². The minimum atomic E-state index is 0.917. The van der Waals surface area contributed by atoms with E-state index in [0.29, 0.717) is 0 Å². The van der Waals surface area contributed by atoms with Crippen LogP contribution in [0.4, 0.5) is 0 Å². The molecule has 0 aromatic rings. The first-order valence-electron chi connectivity index (χ1n) is 5.05. The lowest BCUT2D eigenvalue weighted by molar-refractivity contribution is 0.350. The van der Waals surface area contributed by atoms with Crippen LogP contribution in [0.15, 0.2) is 12.2 Å². The van der Waals surface area contributed by atoms with Crippen LogP contribution in [0.2, 0.25) is 0 Å². The highest BCUT2D eigenvalue weighted by molar-refractivity contribution is 4.98. The van der Waals surface area contributed by atoms with Crippen LogP contribution in [0.25, 0.3) is 0 Å². The minimum Gasteiger partial charge on any atom is -0.0882 e. The Morgan fingerprint density at radius 1 is 1.45 bits per heavy atom. The summed E-state index contributed by atoms with van der Waals surface area (Å²) in [5.74, 6) is 1.89. The summed E-state index contributed by atoms with van der Waals surface area (Å²) in [5.41, 5.74) is 0. The molecular formula is C11H20. The van der Waals surface area contributed by atoms with Gasteiger partial charge in [0.25, 0.3) is 0 Å². The highest BCUT2D eigenvalue weighted by Gasteiger charge is 2.18. The smallest absolute Gasteiger partial charge is 0.0202 e. The van der Waals surface area contributed by atoms with Crippen molar-refractivity contribution >= 4 is 0 Å². The second-order valence-electron chi connectivity index (χ2n) is 3.63. The predicted octanol–water partition coefficient (Wildman–Crippen LogP) is 3.78. The molecule has 2 unspecified atom stereocenters. The largest absolute Gasteiger partial charge is 0.0882 e. The van der Waals surface area contributed by atoms with E-state index in [1.165, 1.54) is 32.1 Å². The summed E-state index contributed by atoms with van der Waals surface area (Å²) in [7, 11) is 0. The molecule has 0 bridgehead atoms. The molecule has 0 aromatic heterocycles. The standard InChI is InChI=1S/C11H20/c1-3-7-10(4-2)11-8-5-6-9-11/h5,8,10-11H,3-4,6-7,9H2,1-2H3. The first-order valence-corrected chi connectivity index (χ1v) is 5.05. The molecule has 1 aliphatic rings. The molecule has 0 spiro atoms. The molecule has 2 atom stereocenters. The number of hydrogen-bond acceptors (Lipinski definition) is 0. The van der Waals surface area contributed by atoms with Gasteiger partial charge in [-0.15, -0.1) is 0 Å². The van der Waals surface area contributed by atoms with Crippen LogP contribution in [0.5, 0.6) is 0 Å². The van der Waals surface area contributed by atoms with Crippen molar-refractivity contribution in [2.45, 2.75) is 46.0 Å². The van der Waals surface area contributed by atoms with Crippen molar-refractivity contribution in [3.8, 4) is 0 Å². The molecule has 0 saturated carbocycles. The molecule has 0 heterocycles. The Bertz CT molecular complexity index is 124. The second-order valence-corrected chi connectivity index (χ2v) is 3.63. The van der Waals surface area contributed by atoms with Gasteiger partial charge in [0.05, 0.1) is 0 Å². The van der Waals surface area contributed by atoms with Gasteiger partial charge in [-0.1, -0.05) is 45.3 Å². The lowest BCUT2D eigenvalue weighted by Gasteiger charge is -2.19. The van der Waals surface area contributed by atoms with Crippen LogP contribution in [0.3, 0.4) is 0 Å². The van der Waals surface area contributed by atoms with Gasteiger partial charge in [-0.25, -0.2) is 0 Å². The van der Waals surface area contributed by atoms with Gasteiger partial charge >= 0.3 is 0 Å². The zero-order valence-corrected chi connectivity index (χ0v) is 7.84. The molecular weight excluding hydrogens is 132 g/mol. The predicted molar refractivity (Wildman–Crippen MR) is 50.6 cm³/mol. The number of rotatable bonds is 4. The molecule has 1 rings (SSSR count). The van der Waals surface area contributed by atoms with Gasteiger partial charge in [0.15, 0.2) is 0 Å². The topological polar surface area (TPSA) is 0 Å². The molecule has 0 N–H and O–H groups in total. The summed E-state index contributed by atoms with van der Waals surface area (Å²) in [5, 5.41) is 0. The van der Waals surface area contributed by atoms with Crippen molar-refractivity contribution in [2.24, 2.45) is 11.8 Å². The monoisotopic (exact) mass is 152 g/mol. The third kappa shape index (κ3) is 2.36. The quantitative estimate of drug-likeness (QED) is 0.538. The van der Waals surface area contributed by atoms with Crippen molar-refractivity contribution in [1.82, 2.24) is 0 Å². The zero-order valence-electron chi connectivity index (χ0n) is 7.84. The highest BCUT2D eigenvalue weighted by Crippen LogP contribution is 2.30. The Balaban J connectivity index is 2.34. The maximum Gasteiger partial charge on any atom is -0.0202 e. The minimum absolute atomic E-state index is 0.917. The average molecular weight is 152 g/mol. The fraction of sp³-hybridized carbons (Fsp3) is 0.818. The Morgan fingerprint density at radius 2 is 2.27 bits per heavy atom. The first-order chi connectivity index (χ1) is 5.38. The average Bonchev–Trinajstić information content (AvgIpc) is 2.52. The SMILES string of the molecule is CCCC(CC)C1C=CCC1. The van der Waals surface area contributed by atoms with Crippen LogP contribution in [0.1, 0.15) is 46.0 Å². The van der Waals surface area contributed by atoms with Crippen LogP contribution >= 0.6 is 0 Å². The second kappa shape index (κ2) is 4.58. The summed E-state index contributed by atoms with van der Waals surface area (Å²) >= 11 is 0. The number of allylic oxidation sites excluding steroid dienone is 2. The summed E-state index contributed by atoms with van der Waals surface area (Å²) in [6.07, 6.45) is 11.7. The van der Waals surface area contributed by atoms with Gasteiger partial charge in [-0.3, -0.25) is 0 Å². The van der Waals surface area contributed by atoms with E-state index in [0.717, 1.165) is 11.8 Å². The lowest BCUT2D eigenvalue weighted by Crippen LogP contribution is -2.09. The number of hydrogen-bond donors (Lipinski definition) is 0. The van der Waals surface area contributed by atoms with Gasteiger partial charge in [0, 0.05) is 0 Å². The fourth-order valence-corrected chi connectivity index (χ4v) is 2.14. The highest BCUT2D eigenvalue weighted by atomic mass is 14.2. The Labute approximate surface area is 70.7 Å². The third-order valence-electron chi connectivity index (χ3n) is 2.84. The summed E-state index contributed by atoms with van der Waals surface area (Å²) in [4.78, 5) is 0. The van der Waals surface area contributed by atoms with Crippen LogP contribution in [0, 0.1) is 11.8 Å². The maximum absolute atomic E-state index is 2.43. The molecule has 0 heteroatoms. The summed E-state index contributed by atoms with van der Waals surface area (Å²) in [6.45, 7) is 4.62. The van der Waals surface area contributed by atoms with Crippen LogP contribution in [-0.2, 0) is 0 Å². The van der Waals surface area contributed by atoms with Crippen molar-refractivity contribution in [3.05, 3.63) is 12.2 Å². The molecule has 0 radical (unpaired) electrons. The van der Waals surface area contributed by atoms with Gasteiger partial charge in [-0.2, -0.15) is 0 Å². The van der Waals surface area contributed by atoms with Gasteiger partial charge in [0.2, 0.25) is 0 Å². The first kappa shape index (κ1) is 8.83. The van der Waals surface area contributed by atoms with Gasteiger partial charge < -0.3 is 0 Å². The van der Waals surface area contributed by atoms with E-state index in [1.807, 2.05) is 0 Å². The van der Waals surface area contributed by atoms with Crippen molar-refractivity contribution in [2.75, 3.05) is 0 Å². The maximum atomic E-state index is 2.43. The van der Waals surface area contributed by atoms with E-state index in [9.17, 15) is 0 Å². The van der Waals surface area contributed by atoms with Gasteiger partial charge in [-0.05, 0) is 24.7 Å². The lowest BCUT2D eigenvalue weighted by atomic mass is 9.86. The van der Waals surface area contributed by atoms with E-state index >= 15 is 0 Å². The van der Waals surface area contributed by atoms with E-state index < -0.39 is 0 Å². The van der Waals surface area contributed by atoms with Crippen molar-refractivity contribution in [3.63, 3.8) is 0 Å². The molecule has 0 amide bonds. The third-order valence-corrected chi connectivity index (χ3v) is 2.84. The zero-order chi connectivity index (χ0) is 8.10. The summed E-state index contributed by atoms with van der Waals surface area (Å²) in [6, 6.07) is 0. The summed E-state index contributed by atoms with van der Waals surface area (Å²) < 4.78 is 0. The fourth-order valence-electron chi connectivity index (χ4n) is 2.14. The Kier molecular flexibility index (Phi) is 3.68. The van der Waals surface area contributed by atoms with E-state index in [-0.39, 0.29) is 0 Å². The Morgan fingerprint density at radius 3 is 2.73 bits per heavy atom. The molecule has 0 nitrogen and oxygen atoms in total. The van der Waals surface area contributed by atoms with Crippen LogP contribution in [-0.4, -0.2) is 0 Å².